The van der Waals surface area contributed by atoms with Crippen molar-refractivity contribution in [3.63, 3.8) is 0 Å². The van der Waals surface area contributed by atoms with Gasteiger partial charge in [-0.05, 0) is 36.8 Å². The minimum atomic E-state index is -0.826. The van der Waals surface area contributed by atoms with Crippen molar-refractivity contribution in [2.75, 3.05) is 27.4 Å². The molecule has 11 nitrogen and oxygen atoms in total. The van der Waals surface area contributed by atoms with Crippen molar-refractivity contribution >= 4 is 17.7 Å². The number of nitrogens with zero attached hydrogens (tertiary/aromatic N) is 1. The van der Waals surface area contributed by atoms with Crippen LogP contribution in [0.15, 0.2) is 53.7 Å². The Morgan fingerprint density at radius 1 is 1.09 bits per heavy atom. The van der Waals surface area contributed by atoms with Gasteiger partial charge >= 0.3 is 17.7 Å². The van der Waals surface area contributed by atoms with Gasteiger partial charge in [0.25, 0.3) is 0 Å². The summed E-state index contributed by atoms with van der Waals surface area (Å²) in [6.07, 6.45) is 0. The fraction of sp³-hybridized carbons (Fsp3) is 0.273. The lowest BCUT2D eigenvalue weighted by atomic mass is 9.95. The Morgan fingerprint density at radius 3 is 2.36 bits per heavy atom. The number of carbonyl (C=O) groups is 2. The number of carbonyl (C=O) groups excluding carboxylic acids is 2. The lowest BCUT2D eigenvalue weighted by molar-refractivity contribution is -0.385. The van der Waals surface area contributed by atoms with Crippen LogP contribution < -0.4 is 24.8 Å². The highest BCUT2D eigenvalue weighted by molar-refractivity contribution is 5.95. The summed E-state index contributed by atoms with van der Waals surface area (Å²) >= 11 is 0. The van der Waals surface area contributed by atoms with Crippen molar-refractivity contribution in [2.45, 2.75) is 13.0 Å². The van der Waals surface area contributed by atoms with Crippen LogP contribution in [0, 0.1) is 10.1 Å². The summed E-state index contributed by atoms with van der Waals surface area (Å²) in [5.74, 6) is 0.185. The van der Waals surface area contributed by atoms with E-state index in [9.17, 15) is 19.7 Å². The molecule has 1 aliphatic heterocycles. The summed E-state index contributed by atoms with van der Waals surface area (Å²) in [5.41, 5.74) is 0.544. The number of nitrogens with one attached hydrogen (secondary N) is 2. The Bertz CT molecular complexity index is 1080. The van der Waals surface area contributed by atoms with Crippen LogP contribution in [-0.2, 0) is 9.53 Å². The van der Waals surface area contributed by atoms with Gasteiger partial charge in [0.05, 0.1) is 49.1 Å². The van der Waals surface area contributed by atoms with E-state index >= 15 is 0 Å². The van der Waals surface area contributed by atoms with Crippen molar-refractivity contribution in [3.8, 4) is 17.2 Å². The highest BCUT2D eigenvalue weighted by Crippen LogP contribution is 2.33. The van der Waals surface area contributed by atoms with Crippen LogP contribution >= 0.6 is 0 Å². The molecule has 0 saturated heterocycles. The minimum absolute atomic E-state index is 0.0507. The van der Waals surface area contributed by atoms with Crippen molar-refractivity contribution in [1.82, 2.24) is 10.6 Å². The van der Waals surface area contributed by atoms with E-state index < -0.39 is 23.0 Å². The second kappa shape index (κ2) is 10.4. The maximum Gasteiger partial charge on any atom is 0.338 e. The van der Waals surface area contributed by atoms with E-state index in [0.29, 0.717) is 11.3 Å². The number of methoxy groups -OCH3 is 2. The molecule has 3 rings (SSSR count). The summed E-state index contributed by atoms with van der Waals surface area (Å²) < 4.78 is 21.0. The molecule has 0 aliphatic carbocycles. The minimum Gasteiger partial charge on any atom is -0.497 e. The van der Waals surface area contributed by atoms with Crippen molar-refractivity contribution < 1.29 is 33.5 Å². The van der Waals surface area contributed by atoms with Gasteiger partial charge in [-0.1, -0.05) is 12.1 Å². The third kappa shape index (κ3) is 5.32. The number of hydrogen-bond donors (Lipinski definition) is 2. The molecule has 0 radical (unpaired) electrons. The van der Waals surface area contributed by atoms with E-state index in [0.717, 1.165) is 0 Å². The van der Waals surface area contributed by atoms with E-state index in [1.807, 2.05) is 0 Å². The molecule has 2 aromatic rings. The molecule has 0 fully saturated rings. The van der Waals surface area contributed by atoms with Crippen LogP contribution in [0.3, 0.4) is 0 Å². The third-order valence-electron chi connectivity index (χ3n) is 4.83. The number of hydrogen-bond acceptors (Lipinski definition) is 8. The Labute approximate surface area is 189 Å². The normalized spacial score (nSPS) is 15.2. The molecular weight excluding hydrogens is 434 g/mol. The molecule has 2 N–H and O–H groups in total. The van der Waals surface area contributed by atoms with Crippen LogP contribution in [0.5, 0.6) is 17.2 Å². The van der Waals surface area contributed by atoms with Gasteiger partial charge in [-0.25, -0.2) is 9.59 Å². The zero-order valence-corrected chi connectivity index (χ0v) is 18.2. The first kappa shape index (κ1) is 23.4. The van der Waals surface area contributed by atoms with E-state index in [-0.39, 0.29) is 41.7 Å². The molecule has 2 amide bonds. The molecule has 33 heavy (non-hydrogen) atoms. The summed E-state index contributed by atoms with van der Waals surface area (Å²) in [6, 6.07) is 9.53. The van der Waals surface area contributed by atoms with Gasteiger partial charge in [0.2, 0.25) is 0 Å². The van der Waals surface area contributed by atoms with Crippen LogP contribution in [0.4, 0.5) is 10.5 Å². The zero-order valence-electron chi connectivity index (χ0n) is 18.2. The highest BCUT2D eigenvalue weighted by Gasteiger charge is 2.34. The van der Waals surface area contributed by atoms with Gasteiger partial charge in [-0.15, -0.1) is 0 Å². The van der Waals surface area contributed by atoms with E-state index in [1.165, 1.54) is 32.4 Å². The maximum atomic E-state index is 12.8. The smallest absolute Gasteiger partial charge is 0.338 e. The fourth-order valence-electron chi connectivity index (χ4n) is 3.27. The molecule has 174 valence electrons. The zero-order chi connectivity index (χ0) is 24.0. The van der Waals surface area contributed by atoms with Gasteiger partial charge in [-0.2, -0.15) is 0 Å². The Hall–Kier alpha value is -4.28. The van der Waals surface area contributed by atoms with E-state index in [4.69, 9.17) is 18.9 Å². The molecule has 0 spiro atoms. The molecule has 1 aliphatic rings. The molecule has 1 heterocycles. The Balaban J connectivity index is 1.99. The molecule has 0 aromatic heterocycles. The van der Waals surface area contributed by atoms with Gasteiger partial charge in [0, 0.05) is 0 Å². The monoisotopic (exact) mass is 457 g/mol. The quantitative estimate of drug-likeness (QED) is 0.333. The largest absolute Gasteiger partial charge is 0.497 e. The van der Waals surface area contributed by atoms with Gasteiger partial charge in [0.1, 0.15) is 18.1 Å². The van der Waals surface area contributed by atoms with Crippen LogP contribution in [0.25, 0.3) is 0 Å². The van der Waals surface area contributed by atoms with Gasteiger partial charge in [-0.3, -0.25) is 10.1 Å². The molecule has 0 bridgehead atoms. The number of amides is 2. The predicted molar refractivity (Wildman–Crippen MR) is 116 cm³/mol. The number of benzene rings is 2. The fourth-order valence-corrected chi connectivity index (χ4v) is 3.27. The SMILES string of the molecule is CCOC(=O)C1=C(COc2ccc(OC)cc2[N+](=O)[O-])NC(=O)N[C@H]1c1ccc(OC)cc1. The first-order valence-corrected chi connectivity index (χ1v) is 9.94. The number of ether oxygens (including phenoxy) is 4. The number of esters is 1. The van der Waals surface area contributed by atoms with E-state index in [1.54, 1.807) is 31.2 Å². The van der Waals surface area contributed by atoms with Crippen LogP contribution in [-0.4, -0.2) is 44.4 Å². The molecule has 1 atom stereocenters. The first-order valence-electron chi connectivity index (χ1n) is 9.94. The van der Waals surface area contributed by atoms with Gasteiger partial charge in [0.15, 0.2) is 5.75 Å². The van der Waals surface area contributed by atoms with Crippen LogP contribution in [0.2, 0.25) is 0 Å². The van der Waals surface area contributed by atoms with E-state index in [2.05, 4.69) is 10.6 Å². The number of rotatable bonds is 9. The predicted octanol–water partition coefficient (Wildman–Crippen LogP) is 2.86. The third-order valence-corrected chi connectivity index (χ3v) is 4.83. The highest BCUT2D eigenvalue weighted by atomic mass is 16.6. The number of nitro benzene ring substituents is 1. The maximum absolute atomic E-state index is 12.8. The molecule has 11 heteroatoms. The lowest BCUT2D eigenvalue weighted by Crippen LogP contribution is -2.47. The molecule has 2 aromatic carbocycles. The summed E-state index contributed by atoms with van der Waals surface area (Å²) in [6.45, 7) is 1.46. The summed E-state index contributed by atoms with van der Waals surface area (Å²) in [4.78, 5) is 36.0. The summed E-state index contributed by atoms with van der Waals surface area (Å²) in [5, 5.41) is 16.7. The topological polar surface area (TPSA) is 138 Å². The second-order valence-electron chi connectivity index (χ2n) is 6.80. The van der Waals surface area contributed by atoms with Crippen LogP contribution in [0.1, 0.15) is 18.5 Å². The standard InChI is InChI=1S/C22H23N3O8/c1-4-32-21(26)19-16(12-33-18-10-9-15(31-3)11-17(18)25(28)29)23-22(27)24-20(19)13-5-7-14(30-2)8-6-13/h5-11,20H,4,12H2,1-3H3,(H2,23,24,27)/t20-/m0/s1. The molecule has 0 saturated carbocycles. The second-order valence-corrected chi connectivity index (χ2v) is 6.80. The van der Waals surface area contributed by atoms with Gasteiger partial charge < -0.3 is 29.6 Å². The molecular formula is C22H23N3O8. The lowest BCUT2D eigenvalue weighted by Gasteiger charge is -2.29. The van der Waals surface area contributed by atoms with Crippen molar-refractivity contribution in [3.05, 3.63) is 69.4 Å². The average Bonchev–Trinajstić information content (AvgIpc) is 2.82. The Kier molecular flexibility index (Phi) is 7.34. The van der Waals surface area contributed by atoms with Crippen molar-refractivity contribution in [1.29, 1.82) is 0 Å². The number of urea groups is 1. The average molecular weight is 457 g/mol. The van der Waals surface area contributed by atoms with Crippen molar-refractivity contribution in [2.24, 2.45) is 0 Å². The Morgan fingerprint density at radius 2 is 1.76 bits per heavy atom. The summed E-state index contributed by atoms with van der Waals surface area (Å²) in [7, 11) is 2.92. The molecule has 0 unspecified atom stereocenters. The number of nitro groups is 1. The first-order chi connectivity index (χ1) is 15.9.